The highest BCUT2D eigenvalue weighted by Gasteiger charge is 2.40. The van der Waals surface area contributed by atoms with Crippen molar-refractivity contribution in [3.05, 3.63) is 23.8 Å². The van der Waals surface area contributed by atoms with E-state index in [1.54, 1.807) is 12.1 Å². The predicted molar refractivity (Wildman–Crippen MR) is 85.7 cm³/mol. The molecule has 0 saturated carbocycles. The molecule has 1 amide bonds. The van der Waals surface area contributed by atoms with Gasteiger partial charge in [0.05, 0.1) is 35.9 Å². The van der Waals surface area contributed by atoms with Gasteiger partial charge in [0, 0.05) is 19.7 Å². The molecule has 1 fully saturated rings. The van der Waals surface area contributed by atoms with E-state index in [4.69, 9.17) is 4.74 Å². The number of sulfone groups is 1. The highest BCUT2D eigenvalue weighted by Crippen LogP contribution is 2.32. The van der Waals surface area contributed by atoms with Gasteiger partial charge in [0.25, 0.3) is 5.91 Å². The summed E-state index contributed by atoms with van der Waals surface area (Å²) in [5.41, 5.74) is 1.33. The first kappa shape index (κ1) is 16.1. The van der Waals surface area contributed by atoms with E-state index in [-0.39, 0.29) is 17.4 Å². The lowest BCUT2D eigenvalue weighted by Crippen LogP contribution is -2.44. The summed E-state index contributed by atoms with van der Waals surface area (Å²) in [6.45, 7) is 1.34. The first-order valence-corrected chi connectivity index (χ1v) is 9.24. The summed E-state index contributed by atoms with van der Waals surface area (Å²) in [6, 6.07) is 4.46. The Morgan fingerprint density at radius 2 is 2.13 bits per heavy atom. The Morgan fingerprint density at radius 1 is 1.39 bits per heavy atom. The van der Waals surface area contributed by atoms with Crippen LogP contribution in [0.2, 0.25) is 0 Å². The zero-order valence-corrected chi connectivity index (χ0v) is 13.9. The Bertz CT molecular complexity index is 733. The molecule has 0 aromatic heterocycles. The number of aliphatic hydroxyl groups excluding tert-OH is 1. The number of carbonyl (C=O) groups excluding carboxylic acids is 1. The second-order valence-electron chi connectivity index (χ2n) is 6.08. The summed E-state index contributed by atoms with van der Waals surface area (Å²) in [6.07, 6.45) is -1.05. The number of hydrogen-bond acceptors (Lipinski definition) is 6. The average Bonchev–Trinajstić information content (AvgIpc) is 2.78. The van der Waals surface area contributed by atoms with Crippen LogP contribution in [0.3, 0.4) is 0 Å². The standard InChI is InChI=1S/C15H20N2O5S/c1-16-5-6-22-14-7-10(3-4-11(14)16)15(19)17(2)12-8-23(20,21)9-13(12)18/h3-4,7,12-13,18H,5-6,8-9H2,1-2H3/t12-,13-/m1/s1. The van der Waals surface area contributed by atoms with E-state index >= 15 is 0 Å². The molecule has 23 heavy (non-hydrogen) atoms. The van der Waals surface area contributed by atoms with Crippen LogP contribution in [0.25, 0.3) is 0 Å². The number of ether oxygens (including phenoxy) is 1. The molecule has 0 bridgehead atoms. The van der Waals surface area contributed by atoms with Crippen LogP contribution in [-0.2, 0) is 9.84 Å². The van der Waals surface area contributed by atoms with Gasteiger partial charge in [0.1, 0.15) is 12.4 Å². The van der Waals surface area contributed by atoms with Crippen molar-refractivity contribution >= 4 is 21.4 Å². The van der Waals surface area contributed by atoms with Crippen LogP contribution in [0.5, 0.6) is 5.75 Å². The lowest BCUT2D eigenvalue weighted by Gasteiger charge is -2.29. The van der Waals surface area contributed by atoms with Crippen LogP contribution in [0, 0.1) is 0 Å². The Labute approximate surface area is 135 Å². The quantitative estimate of drug-likeness (QED) is 0.799. The Morgan fingerprint density at radius 3 is 2.78 bits per heavy atom. The third kappa shape index (κ3) is 3.00. The SMILES string of the molecule is CN1CCOc2cc(C(=O)N(C)[C@@H]3CS(=O)(=O)C[C@H]3O)ccc21. The molecule has 2 heterocycles. The van der Waals surface area contributed by atoms with Crippen molar-refractivity contribution in [3.8, 4) is 5.75 Å². The second-order valence-corrected chi connectivity index (χ2v) is 8.23. The molecule has 1 N–H and O–H groups in total. The summed E-state index contributed by atoms with van der Waals surface area (Å²) in [5.74, 6) is -0.197. The number of rotatable bonds is 2. The van der Waals surface area contributed by atoms with Crippen molar-refractivity contribution in [2.75, 3.05) is 43.7 Å². The zero-order valence-electron chi connectivity index (χ0n) is 13.1. The lowest BCUT2D eigenvalue weighted by molar-refractivity contribution is 0.0581. The molecule has 0 unspecified atom stereocenters. The van der Waals surface area contributed by atoms with E-state index in [1.807, 2.05) is 18.0 Å². The number of aliphatic hydroxyl groups is 1. The maximum absolute atomic E-state index is 12.6. The van der Waals surface area contributed by atoms with E-state index < -0.39 is 22.0 Å². The Kier molecular flexibility index (Phi) is 3.97. The normalized spacial score (nSPS) is 25.6. The summed E-state index contributed by atoms with van der Waals surface area (Å²) >= 11 is 0. The fraction of sp³-hybridized carbons (Fsp3) is 0.533. The Balaban J connectivity index is 1.83. The van der Waals surface area contributed by atoms with E-state index in [9.17, 15) is 18.3 Å². The monoisotopic (exact) mass is 340 g/mol. The minimum Gasteiger partial charge on any atom is -0.490 e. The third-order valence-electron chi connectivity index (χ3n) is 4.41. The van der Waals surface area contributed by atoms with E-state index in [2.05, 4.69) is 0 Å². The van der Waals surface area contributed by atoms with Crippen molar-refractivity contribution < 1.29 is 23.1 Å². The van der Waals surface area contributed by atoms with Crippen molar-refractivity contribution in [3.63, 3.8) is 0 Å². The molecule has 2 atom stereocenters. The number of anilines is 1. The minimum absolute atomic E-state index is 0.208. The largest absolute Gasteiger partial charge is 0.490 e. The van der Waals surface area contributed by atoms with Crippen LogP contribution in [-0.4, -0.2) is 75.2 Å². The van der Waals surface area contributed by atoms with Gasteiger partial charge in [-0.3, -0.25) is 4.79 Å². The minimum atomic E-state index is -3.30. The maximum atomic E-state index is 12.6. The highest BCUT2D eigenvalue weighted by molar-refractivity contribution is 7.91. The Hall–Kier alpha value is -1.80. The summed E-state index contributed by atoms with van der Waals surface area (Å²) in [5, 5.41) is 9.91. The molecule has 3 rings (SSSR count). The van der Waals surface area contributed by atoms with Gasteiger partial charge in [0.2, 0.25) is 0 Å². The number of likely N-dealkylation sites (N-methyl/N-ethyl adjacent to an activating group) is 2. The van der Waals surface area contributed by atoms with Crippen LogP contribution in [0.1, 0.15) is 10.4 Å². The molecule has 2 aliphatic rings. The molecule has 7 nitrogen and oxygen atoms in total. The fourth-order valence-corrected chi connectivity index (χ4v) is 4.87. The zero-order chi connectivity index (χ0) is 16.8. The molecular weight excluding hydrogens is 320 g/mol. The molecule has 0 aliphatic carbocycles. The number of hydrogen-bond donors (Lipinski definition) is 1. The number of amides is 1. The summed E-state index contributed by atoms with van der Waals surface area (Å²) in [7, 11) is 0.168. The van der Waals surface area contributed by atoms with Gasteiger partial charge in [-0.05, 0) is 18.2 Å². The van der Waals surface area contributed by atoms with Crippen molar-refractivity contribution in [2.45, 2.75) is 12.1 Å². The smallest absolute Gasteiger partial charge is 0.254 e. The first-order chi connectivity index (χ1) is 10.8. The lowest BCUT2D eigenvalue weighted by atomic mass is 10.1. The van der Waals surface area contributed by atoms with E-state index in [1.165, 1.54) is 11.9 Å². The van der Waals surface area contributed by atoms with E-state index in [0.29, 0.717) is 17.9 Å². The fourth-order valence-electron chi connectivity index (χ4n) is 3.03. The number of fused-ring (bicyclic) bond motifs is 1. The molecule has 0 spiro atoms. The summed E-state index contributed by atoms with van der Waals surface area (Å²) in [4.78, 5) is 16.0. The van der Waals surface area contributed by atoms with Gasteiger partial charge in [-0.15, -0.1) is 0 Å². The molecule has 0 radical (unpaired) electrons. The molecule has 1 saturated heterocycles. The topological polar surface area (TPSA) is 87.2 Å². The molecule has 2 aliphatic heterocycles. The average molecular weight is 340 g/mol. The van der Waals surface area contributed by atoms with Gasteiger partial charge in [-0.25, -0.2) is 8.42 Å². The van der Waals surface area contributed by atoms with Crippen LogP contribution in [0.4, 0.5) is 5.69 Å². The maximum Gasteiger partial charge on any atom is 0.254 e. The van der Waals surface area contributed by atoms with Gasteiger partial charge in [0.15, 0.2) is 9.84 Å². The number of carbonyl (C=O) groups is 1. The molecule has 1 aromatic carbocycles. The van der Waals surface area contributed by atoms with Gasteiger partial charge in [-0.2, -0.15) is 0 Å². The molecule has 1 aromatic rings. The van der Waals surface area contributed by atoms with Crippen molar-refractivity contribution in [1.29, 1.82) is 0 Å². The van der Waals surface area contributed by atoms with Gasteiger partial charge < -0.3 is 19.6 Å². The summed E-state index contributed by atoms with van der Waals surface area (Å²) < 4.78 is 28.8. The first-order valence-electron chi connectivity index (χ1n) is 7.42. The van der Waals surface area contributed by atoms with Crippen LogP contribution < -0.4 is 9.64 Å². The number of nitrogens with zero attached hydrogens (tertiary/aromatic N) is 2. The second kappa shape index (κ2) is 5.68. The van der Waals surface area contributed by atoms with Crippen LogP contribution >= 0.6 is 0 Å². The van der Waals surface area contributed by atoms with Gasteiger partial charge in [-0.1, -0.05) is 0 Å². The van der Waals surface area contributed by atoms with Crippen LogP contribution in [0.15, 0.2) is 18.2 Å². The predicted octanol–water partition coefficient (Wildman–Crippen LogP) is -0.255. The number of benzene rings is 1. The van der Waals surface area contributed by atoms with Crippen molar-refractivity contribution in [1.82, 2.24) is 4.90 Å². The van der Waals surface area contributed by atoms with Crippen molar-refractivity contribution in [2.24, 2.45) is 0 Å². The molecule has 8 heteroatoms. The van der Waals surface area contributed by atoms with Gasteiger partial charge >= 0.3 is 0 Å². The third-order valence-corrected chi connectivity index (χ3v) is 6.11. The molecule has 126 valence electrons. The van der Waals surface area contributed by atoms with E-state index in [0.717, 1.165) is 12.2 Å². The highest BCUT2D eigenvalue weighted by atomic mass is 32.2. The molecular formula is C15H20N2O5S.